The van der Waals surface area contributed by atoms with Crippen LogP contribution in [0.4, 0.5) is 0 Å². The van der Waals surface area contributed by atoms with Gasteiger partial charge >= 0.3 is 0 Å². The molecule has 0 aromatic rings. The van der Waals surface area contributed by atoms with Crippen molar-refractivity contribution in [3.63, 3.8) is 0 Å². The monoisotopic (exact) mass is 250 g/mol. The molecule has 3 heteroatoms. The van der Waals surface area contributed by atoms with Crippen molar-refractivity contribution in [1.82, 2.24) is 5.32 Å². The first-order valence-corrected chi connectivity index (χ1v) is 7.59. The van der Waals surface area contributed by atoms with E-state index in [1.54, 1.807) is 0 Å². The highest BCUT2D eigenvalue weighted by Crippen LogP contribution is 2.29. The van der Waals surface area contributed by atoms with Crippen molar-refractivity contribution >= 4 is 0 Å². The molecule has 3 nitrogen and oxygen atoms in total. The molecule has 2 aliphatic carbocycles. The van der Waals surface area contributed by atoms with Gasteiger partial charge in [0, 0.05) is 12.6 Å². The van der Waals surface area contributed by atoms with E-state index in [0.29, 0.717) is 12.6 Å². The largest absolute Gasteiger partial charge is 0.389 e. The summed E-state index contributed by atoms with van der Waals surface area (Å²) >= 11 is 0. The van der Waals surface area contributed by atoms with Crippen LogP contribution in [0.2, 0.25) is 0 Å². The molecule has 0 saturated heterocycles. The zero-order valence-corrected chi connectivity index (χ0v) is 11.3. The van der Waals surface area contributed by atoms with Crippen LogP contribution in [0, 0.1) is 17.2 Å². The minimum Gasteiger partial charge on any atom is -0.389 e. The summed E-state index contributed by atoms with van der Waals surface area (Å²) < 4.78 is 0. The van der Waals surface area contributed by atoms with Gasteiger partial charge in [0.05, 0.1) is 17.6 Å². The molecule has 102 valence electrons. The molecule has 2 unspecified atom stereocenters. The molecule has 18 heavy (non-hydrogen) atoms. The molecule has 2 atom stereocenters. The summed E-state index contributed by atoms with van der Waals surface area (Å²) in [5, 5.41) is 23.2. The second-order valence-electron chi connectivity index (χ2n) is 6.15. The lowest BCUT2D eigenvalue weighted by Gasteiger charge is -2.34. The third-order valence-corrected chi connectivity index (χ3v) is 4.66. The van der Waals surface area contributed by atoms with Gasteiger partial charge in [-0.15, -0.1) is 0 Å². The van der Waals surface area contributed by atoms with Crippen molar-refractivity contribution in [2.75, 3.05) is 6.54 Å². The highest BCUT2D eigenvalue weighted by atomic mass is 16.3. The lowest BCUT2D eigenvalue weighted by atomic mass is 9.84. The Balaban J connectivity index is 1.85. The summed E-state index contributed by atoms with van der Waals surface area (Å²) in [5.41, 5.74) is -0.509. The normalized spacial score (nSPS) is 32.4. The molecule has 2 rings (SSSR count). The second-order valence-corrected chi connectivity index (χ2v) is 6.15. The SMILES string of the molecule is N#CC1CCCCCC1NCC1(O)CCCCC1. The van der Waals surface area contributed by atoms with Crippen molar-refractivity contribution < 1.29 is 5.11 Å². The predicted octanol–water partition coefficient (Wildman–Crippen LogP) is 2.74. The Morgan fingerprint density at radius 2 is 1.72 bits per heavy atom. The summed E-state index contributed by atoms with van der Waals surface area (Å²) in [7, 11) is 0. The zero-order valence-electron chi connectivity index (χ0n) is 11.3. The van der Waals surface area contributed by atoms with E-state index in [4.69, 9.17) is 0 Å². The van der Waals surface area contributed by atoms with Gasteiger partial charge in [0.15, 0.2) is 0 Å². The molecule has 0 spiro atoms. The van der Waals surface area contributed by atoms with Crippen LogP contribution in [0.5, 0.6) is 0 Å². The molecule has 2 saturated carbocycles. The number of nitrogens with zero attached hydrogens (tertiary/aromatic N) is 1. The fourth-order valence-electron chi connectivity index (χ4n) is 3.41. The zero-order chi connectivity index (χ0) is 12.8. The topological polar surface area (TPSA) is 56.0 Å². The van der Waals surface area contributed by atoms with Gasteiger partial charge in [0.25, 0.3) is 0 Å². The van der Waals surface area contributed by atoms with E-state index in [1.165, 1.54) is 25.7 Å². The Bertz CT molecular complexity index is 291. The number of rotatable bonds is 3. The number of aliphatic hydroxyl groups is 1. The van der Waals surface area contributed by atoms with Gasteiger partial charge in [0.2, 0.25) is 0 Å². The highest BCUT2D eigenvalue weighted by Gasteiger charge is 2.31. The molecule has 2 fully saturated rings. The molecule has 2 N–H and O–H groups in total. The van der Waals surface area contributed by atoms with E-state index in [9.17, 15) is 10.4 Å². The average molecular weight is 250 g/mol. The maximum absolute atomic E-state index is 10.5. The third kappa shape index (κ3) is 3.70. The van der Waals surface area contributed by atoms with Crippen LogP contribution >= 0.6 is 0 Å². The van der Waals surface area contributed by atoms with Gasteiger partial charge in [-0.3, -0.25) is 0 Å². The average Bonchev–Trinajstić information content (AvgIpc) is 2.62. The van der Waals surface area contributed by atoms with Crippen LogP contribution in [0.25, 0.3) is 0 Å². The first-order chi connectivity index (χ1) is 8.73. The number of nitriles is 1. The maximum atomic E-state index is 10.5. The molecular weight excluding hydrogens is 224 g/mol. The van der Waals surface area contributed by atoms with E-state index in [1.807, 2.05) is 0 Å². The van der Waals surface area contributed by atoms with Gasteiger partial charge < -0.3 is 10.4 Å². The molecule has 2 aliphatic rings. The van der Waals surface area contributed by atoms with Crippen LogP contribution in [-0.2, 0) is 0 Å². The highest BCUT2D eigenvalue weighted by molar-refractivity contribution is 4.95. The van der Waals surface area contributed by atoms with Gasteiger partial charge in [-0.05, 0) is 25.7 Å². The molecule has 0 aromatic carbocycles. The van der Waals surface area contributed by atoms with Crippen LogP contribution in [-0.4, -0.2) is 23.3 Å². The van der Waals surface area contributed by atoms with Crippen molar-refractivity contribution in [1.29, 1.82) is 5.26 Å². The van der Waals surface area contributed by atoms with Crippen LogP contribution in [0.3, 0.4) is 0 Å². The summed E-state index contributed by atoms with van der Waals surface area (Å²) in [6.07, 6.45) is 11.1. The Hall–Kier alpha value is -0.590. The van der Waals surface area contributed by atoms with Crippen LogP contribution in [0.1, 0.15) is 64.2 Å². The molecule has 0 aliphatic heterocycles. The standard InChI is InChI=1S/C15H26N2O/c16-11-13-7-3-1-4-8-14(13)17-12-15(18)9-5-2-6-10-15/h13-14,17-18H,1-10,12H2. The molecule has 0 radical (unpaired) electrons. The first kappa shape index (κ1) is 13.8. The maximum Gasteiger partial charge on any atom is 0.0771 e. The number of hydrogen-bond donors (Lipinski definition) is 2. The molecule has 0 heterocycles. The number of hydrogen-bond acceptors (Lipinski definition) is 3. The van der Waals surface area contributed by atoms with Gasteiger partial charge in [-0.25, -0.2) is 0 Å². The Morgan fingerprint density at radius 1 is 1.06 bits per heavy atom. The smallest absolute Gasteiger partial charge is 0.0771 e. The summed E-state index contributed by atoms with van der Waals surface area (Å²) in [4.78, 5) is 0. The first-order valence-electron chi connectivity index (χ1n) is 7.59. The summed E-state index contributed by atoms with van der Waals surface area (Å²) in [6, 6.07) is 2.74. The summed E-state index contributed by atoms with van der Waals surface area (Å²) in [5.74, 6) is 0.139. The summed E-state index contributed by atoms with van der Waals surface area (Å²) in [6.45, 7) is 0.676. The van der Waals surface area contributed by atoms with Crippen molar-refractivity contribution in [2.45, 2.75) is 75.9 Å². The number of nitrogens with one attached hydrogen (secondary N) is 1. The van der Waals surface area contributed by atoms with Crippen LogP contribution < -0.4 is 5.32 Å². The van der Waals surface area contributed by atoms with E-state index >= 15 is 0 Å². The minimum absolute atomic E-state index is 0.139. The lowest BCUT2D eigenvalue weighted by molar-refractivity contribution is 0.00146. The Morgan fingerprint density at radius 3 is 2.44 bits per heavy atom. The minimum atomic E-state index is -0.509. The van der Waals surface area contributed by atoms with Gasteiger partial charge in [-0.2, -0.15) is 5.26 Å². The predicted molar refractivity (Wildman–Crippen MR) is 72.0 cm³/mol. The Labute approximate surface area is 111 Å². The van der Waals surface area contributed by atoms with Crippen molar-refractivity contribution in [3.8, 4) is 6.07 Å². The van der Waals surface area contributed by atoms with Crippen LogP contribution in [0.15, 0.2) is 0 Å². The molecular formula is C15H26N2O. The van der Waals surface area contributed by atoms with Crippen molar-refractivity contribution in [3.05, 3.63) is 0 Å². The quantitative estimate of drug-likeness (QED) is 0.757. The van der Waals surface area contributed by atoms with Crippen molar-refractivity contribution in [2.24, 2.45) is 5.92 Å². The fourth-order valence-corrected chi connectivity index (χ4v) is 3.41. The molecule has 0 bridgehead atoms. The molecule has 0 aromatic heterocycles. The van der Waals surface area contributed by atoms with E-state index in [0.717, 1.165) is 38.5 Å². The molecule has 0 amide bonds. The van der Waals surface area contributed by atoms with E-state index in [-0.39, 0.29) is 5.92 Å². The van der Waals surface area contributed by atoms with E-state index < -0.39 is 5.60 Å². The van der Waals surface area contributed by atoms with Gasteiger partial charge in [0.1, 0.15) is 0 Å². The van der Waals surface area contributed by atoms with E-state index in [2.05, 4.69) is 11.4 Å². The Kier molecular flexibility index (Phi) is 5.03. The lowest BCUT2D eigenvalue weighted by Crippen LogP contribution is -2.47. The third-order valence-electron chi connectivity index (χ3n) is 4.66. The second kappa shape index (κ2) is 6.54. The van der Waals surface area contributed by atoms with Gasteiger partial charge in [-0.1, -0.05) is 38.5 Å². The fraction of sp³-hybridized carbons (Fsp3) is 0.933.